The van der Waals surface area contributed by atoms with Gasteiger partial charge in [-0.3, -0.25) is 9.59 Å². The smallest absolute Gasteiger partial charge is 0.224 e. The van der Waals surface area contributed by atoms with Crippen LogP contribution in [0, 0.1) is 13.8 Å². The molecule has 0 unspecified atom stereocenters. The number of allylic oxidation sites excluding steroid dienone is 2. The Morgan fingerprint density at radius 2 is 0.458 bits per heavy atom. The van der Waals surface area contributed by atoms with E-state index in [2.05, 4.69) is 200 Å². The van der Waals surface area contributed by atoms with Crippen molar-refractivity contribution in [3.05, 3.63) is 226 Å². The summed E-state index contributed by atoms with van der Waals surface area (Å²) in [5.74, 6) is 7.55. The molecule has 2 amide bonds. The van der Waals surface area contributed by atoms with E-state index >= 15 is 0 Å². The van der Waals surface area contributed by atoms with Gasteiger partial charge in [0.1, 0.15) is 36.2 Å². The number of ether oxygens (including phenoxy) is 10. The van der Waals surface area contributed by atoms with Crippen molar-refractivity contribution in [3.63, 3.8) is 0 Å². The van der Waals surface area contributed by atoms with Gasteiger partial charge in [-0.05, 0) is 200 Å². The number of rotatable bonds is 82. The van der Waals surface area contributed by atoms with Crippen LogP contribution in [0.2, 0.25) is 0 Å². The number of hydrogen-bond acceptors (Lipinski definition) is 12. The van der Waals surface area contributed by atoms with Gasteiger partial charge in [-0.15, -0.1) is 0 Å². The summed E-state index contributed by atoms with van der Waals surface area (Å²) in [6, 6.07) is 53.1. The lowest BCUT2D eigenvalue weighted by Gasteiger charge is -2.20. The summed E-state index contributed by atoms with van der Waals surface area (Å²) >= 11 is 0. The second-order valence-electron chi connectivity index (χ2n) is 38.7. The molecule has 0 fully saturated rings. The topological polar surface area (TPSA) is 151 Å². The van der Waals surface area contributed by atoms with Crippen LogP contribution >= 0.6 is 0 Å². The zero-order chi connectivity index (χ0) is 101. The first-order valence-corrected chi connectivity index (χ1v) is 56.3. The van der Waals surface area contributed by atoms with E-state index in [9.17, 15) is 9.59 Å². The highest BCUT2D eigenvalue weighted by Gasteiger charge is 2.22. The average molecular weight is 1940 g/mol. The maximum atomic E-state index is 12.6. The lowest BCUT2D eigenvalue weighted by Crippen LogP contribution is -2.11. The first-order valence-electron chi connectivity index (χ1n) is 56.3. The summed E-state index contributed by atoms with van der Waals surface area (Å²) in [6.07, 6.45) is 74.6. The fourth-order valence-corrected chi connectivity index (χ4v) is 17.2. The highest BCUT2D eigenvalue weighted by molar-refractivity contribution is 5.91. The summed E-state index contributed by atoms with van der Waals surface area (Å²) in [7, 11) is 0. The predicted octanol–water partition coefficient (Wildman–Crippen LogP) is 37.5. The molecular weight excluding hydrogens is 1760 g/mol. The molecule has 0 radical (unpaired) electrons. The minimum atomic E-state index is 0.0347. The van der Waals surface area contributed by atoms with Crippen molar-refractivity contribution >= 4 is 59.6 Å². The van der Waals surface area contributed by atoms with E-state index in [1.807, 2.05) is 86.7 Å². The first-order chi connectivity index (χ1) is 69.9. The predicted molar refractivity (Wildman–Crippen MR) is 603 cm³/mol. The van der Waals surface area contributed by atoms with E-state index in [4.69, 9.17) is 47.4 Å². The fraction of sp³-hybridized carbons (Fsp3) is 0.547. The number of amides is 2. The van der Waals surface area contributed by atoms with Crippen LogP contribution in [0.1, 0.15) is 432 Å². The van der Waals surface area contributed by atoms with Crippen molar-refractivity contribution in [2.45, 2.75) is 403 Å². The third-order valence-electron chi connectivity index (χ3n) is 25.7. The van der Waals surface area contributed by atoms with E-state index in [0.29, 0.717) is 84.7 Å². The molecule has 14 nitrogen and oxygen atoms in total. The van der Waals surface area contributed by atoms with E-state index in [-0.39, 0.29) is 11.8 Å². The number of aryl methyl sites for hydroxylation is 2. The number of hydrogen-bond donors (Lipinski definition) is 2. The zero-order valence-electron chi connectivity index (χ0n) is 90.0. The summed E-state index contributed by atoms with van der Waals surface area (Å²) in [5.41, 5.74) is 12.0. The van der Waals surface area contributed by atoms with E-state index < -0.39 is 0 Å². The maximum absolute atomic E-state index is 12.6. The van der Waals surface area contributed by atoms with E-state index in [1.165, 1.54) is 210 Å². The molecule has 8 aromatic rings. The molecule has 0 heterocycles. The maximum Gasteiger partial charge on any atom is 0.224 e. The van der Waals surface area contributed by atoms with Crippen molar-refractivity contribution in [3.8, 4) is 57.5 Å². The molecule has 2 N–H and O–H groups in total. The number of anilines is 2. The second kappa shape index (κ2) is 78.1. The largest absolute Gasteiger partial charge is 0.493 e. The van der Waals surface area contributed by atoms with Gasteiger partial charge in [0.05, 0.1) is 52.9 Å². The summed E-state index contributed by atoms with van der Waals surface area (Å²) < 4.78 is 66.5. The first kappa shape index (κ1) is 119. The minimum absolute atomic E-state index is 0.0347. The van der Waals surface area contributed by atoms with Crippen LogP contribution in [0.15, 0.2) is 170 Å². The van der Waals surface area contributed by atoms with Crippen LogP contribution in [0.25, 0.3) is 36.5 Å². The number of nitrogens with one attached hydrogen (secondary N) is 2. The fourth-order valence-electron chi connectivity index (χ4n) is 17.2. The molecule has 0 aliphatic carbocycles. The van der Waals surface area contributed by atoms with Crippen molar-refractivity contribution in [2.75, 3.05) is 63.5 Å². The lowest BCUT2D eigenvalue weighted by atomic mass is 10.1. The van der Waals surface area contributed by atoms with Gasteiger partial charge in [0.15, 0.2) is 23.0 Å². The molecule has 0 saturated heterocycles. The molecular formula is C128H186N2O12. The normalized spacial score (nSPS) is 11.4. The summed E-state index contributed by atoms with van der Waals surface area (Å²) in [6.45, 7) is 27.3. The standard InChI is InChI=1S/C73H111NO6.C55H75NO6/c1-6-10-13-16-19-22-25-28-31-39-54-77-70-57-64(58-71(78-55-40-32-29-26-23-20-17-14-11-7-2)73(70)79-56-41-33-30-27-24-21-18-15-12-8-3)61-80-69-59-65(43-9-4)68(60-66(69)52-51-63-49-47-62(5)48-50-63)76-53-42-35-38-46-72(75)74-67-44-36-34-37-45-67;1-6-10-13-21-36-59-52-39-46(40-53(60-37-22-14-11-7-2)55(52)61-38-23-15-12-8-3)43-62-51-41-47(25-9-4)50(42-48(51)34-33-45-31-29-44(5)30-32-45)58-35-24-17-20-28-54(57)56-49-26-18-16-19-27-49/h9,34,36-37,43-45,47-52,57-60H,6-8,10-33,35,38-42,46,53-56,61H2,1-5H3,(H,74,75);9,16,18-19,25-27,29-34,39-42H,6-8,10-15,17,20-24,28,35-38,43H2,1-5H3,(H,56,57)/b43-9+,52-51+;25-9+,34-33+. The van der Waals surface area contributed by atoms with Gasteiger partial charge < -0.3 is 58.0 Å². The highest BCUT2D eigenvalue weighted by atomic mass is 16.6. The average Bonchev–Trinajstić information content (AvgIpc) is 0.811. The van der Waals surface area contributed by atoms with E-state index in [1.54, 1.807) is 0 Å². The Balaban J connectivity index is 0.000000398. The van der Waals surface area contributed by atoms with Gasteiger partial charge in [-0.25, -0.2) is 0 Å². The molecule has 0 spiro atoms. The number of unbranched alkanes of at least 4 members (excludes halogenated alkanes) is 40. The van der Waals surface area contributed by atoms with Crippen molar-refractivity contribution < 1.29 is 57.0 Å². The van der Waals surface area contributed by atoms with Crippen LogP contribution in [0.3, 0.4) is 0 Å². The molecule has 0 aliphatic heterocycles. The minimum Gasteiger partial charge on any atom is -0.493 e. The Morgan fingerprint density at radius 3 is 0.725 bits per heavy atom. The molecule has 142 heavy (non-hydrogen) atoms. The van der Waals surface area contributed by atoms with Gasteiger partial charge in [-0.2, -0.15) is 0 Å². The molecule has 0 bridgehead atoms. The van der Waals surface area contributed by atoms with E-state index in [0.717, 1.165) is 217 Å². The Labute approximate surface area is 861 Å². The van der Waals surface area contributed by atoms with Gasteiger partial charge in [-0.1, -0.05) is 417 Å². The van der Waals surface area contributed by atoms with Gasteiger partial charge in [0.2, 0.25) is 23.3 Å². The van der Waals surface area contributed by atoms with Crippen LogP contribution < -0.4 is 58.0 Å². The molecule has 8 aromatic carbocycles. The molecule has 8 rings (SSSR count). The van der Waals surface area contributed by atoms with Crippen LogP contribution in [-0.2, 0) is 22.8 Å². The number of carbonyl (C=O) groups is 2. The molecule has 0 aliphatic rings. The summed E-state index contributed by atoms with van der Waals surface area (Å²) in [4.78, 5) is 25.0. The van der Waals surface area contributed by atoms with Crippen LogP contribution in [0.5, 0.6) is 57.5 Å². The molecule has 0 aromatic heterocycles. The van der Waals surface area contributed by atoms with Gasteiger partial charge in [0.25, 0.3) is 0 Å². The van der Waals surface area contributed by atoms with Crippen molar-refractivity contribution in [2.24, 2.45) is 0 Å². The highest BCUT2D eigenvalue weighted by Crippen LogP contribution is 2.44. The lowest BCUT2D eigenvalue weighted by molar-refractivity contribution is -0.117. The van der Waals surface area contributed by atoms with Crippen LogP contribution in [0.4, 0.5) is 11.4 Å². The van der Waals surface area contributed by atoms with Gasteiger partial charge >= 0.3 is 0 Å². The van der Waals surface area contributed by atoms with Crippen molar-refractivity contribution in [1.82, 2.24) is 0 Å². The quantitative estimate of drug-likeness (QED) is 0.0276. The second-order valence-corrected chi connectivity index (χ2v) is 38.7. The Bertz CT molecular complexity index is 4630. The number of benzene rings is 8. The molecule has 14 heteroatoms. The monoisotopic (exact) mass is 1940 g/mol. The van der Waals surface area contributed by atoms with Crippen molar-refractivity contribution in [1.29, 1.82) is 0 Å². The Hall–Kier alpha value is -10.3. The number of para-hydroxylation sites is 2. The SMILES string of the molecule is C/C=C/c1cc(OCc2cc(OCCCCCC)c(OCCCCCC)c(OCCCCCC)c2)c(/C=C/c2ccc(C)cc2)cc1OCCCCCC(=O)Nc1ccccc1.C/C=C/c1cc(OCc2cc(OCCCCCCCCCCCC)c(OCCCCCCCCCCCC)c(OCCCCCCCCCCCC)c2)c(/C=C/c2ccc(C)cc2)cc1OCCCCCC(=O)Nc1ccccc1. The summed E-state index contributed by atoms with van der Waals surface area (Å²) in [5, 5.41) is 5.97. The molecule has 0 atom stereocenters. The third-order valence-corrected chi connectivity index (χ3v) is 25.7. The Morgan fingerprint density at radius 1 is 0.232 bits per heavy atom. The van der Waals surface area contributed by atoms with Gasteiger partial charge in [0, 0.05) is 46.5 Å². The number of carbonyl (C=O) groups excluding carboxylic acids is 2. The Kier molecular flexibility index (Phi) is 65.3. The zero-order valence-corrected chi connectivity index (χ0v) is 90.0. The van der Waals surface area contributed by atoms with Crippen LogP contribution in [-0.4, -0.2) is 64.7 Å². The molecule has 780 valence electrons. The third kappa shape index (κ3) is 52.8. The molecule has 0 saturated carbocycles.